The van der Waals surface area contributed by atoms with Crippen molar-refractivity contribution >= 4 is 28.5 Å². The van der Waals surface area contributed by atoms with Crippen LogP contribution >= 0.6 is 0 Å². The van der Waals surface area contributed by atoms with Gasteiger partial charge in [0.2, 0.25) is 0 Å². The molecule has 4 aromatic carbocycles. The number of aromatic hydroxyl groups is 1. The van der Waals surface area contributed by atoms with Gasteiger partial charge >= 0.3 is 12.1 Å². The van der Waals surface area contributed by atoms with Crippen LogP contribution in [0.3, 0.4) is 0 Å². The van der Waals surface area contributed by atoms with Gasteiger partial charge in [-0.25, -0.2) is 9.59 Å². The van der Waals surface area contributed by atoms with Crippen molar-refractivity contribution in [2.45, 2.75) is 25.0 Å². The second-order valence-electron chi connectivity index (χ2n) is 8.32. The molecule has 0 spiro atoms. The van der Waals surface area contributed by atoms with Crippen LogP contribution in [0.5, 0.6) is 11.5 Å². The Hall–Kier alpha value is -4.78. The number of carbonyl (C=O) groups excluding carboxylic acids is 1. The van der Waals surface area contributed by atoms with Crippen molar-refractivity contribution in [3.8, 4) is 11.5 Å². The summed E-state index contributed by atoms with van der Waals surface area (Å²) in [6.07, 6.45) is 1.13. The summed E-state index contributed by atoms with van der Waals surface area (Å²) in [7, 11) is 0. The van der Waals surface area contributed by atoms with Gasteiger partial charge in [0, 0.05) is 22.7 Å². The fraction of sp³-hybridized carbons (Fsp3) is 0.133. The second-order valence-corrected chi connectivity index (χ2v) is 8.32. The van der Waals surface area contributed by atoms with E-state index >= 15 is 0 Å². The number of carboxylic acid groups (broad SMARTS) is 1. The average molecular weight is 498 g/mol. The molecule has 7 nitrogen and oxygen atoms in total. The van der Waals surface area contributed by atoms with Crippen LogP contribution in [0.2, 0.25) is 0 Å². The molecule has 1 amide bonds. The van der Waals surface area contributed by atoms with Crippen LogP contribution in [0.25, 0.3) is 10.8 Å². The van der Waals surface area contributed by atoms with Gasteiger partial charge in [0.15, 0.2) is 6.10 Å². The number of para-hydroxylation sites is 2. The Morgan fingerprint density at radius 2 is 1.49 bits per heavy atom. The lowest BCUT2D eigenvalue weighted by atomic mass is 9.94. The lowest BCUT2D eigenvalue weighted by Crippen LogP contribution is -2.31. The summed E-state index contributed by atoms with van der Waals surface area (Å²) in [5.41, 5.74) is 1.23. The van der Waals surface area contributed by atoms with E-state index in [0.29, 0.717) is 40.6 Å². The standard InChI is InChI=1S/C30H27NO6/c32-26-20-19-25(23-15-7-8-16-24(23)26)29(37-30(35)31-21-11-3-1-4-12-21)27(17-9-10-18-28(33)34)36-22-13-5-2-6-14-22/h1-8,10-16,18-20,27,29,32H,9,17H2,(H,31,35)(H,33,34)/b18-10+/t27-,29-/m1/s1. The molecule has 0 unspecified atom stereocenters. The zero-order chi connectivity index (χ0) is 26.0. The van der Waals surface area contributed by atoms with Crippen LogP contribution in [0.15, 0.2) is 109 Å². The highest BCUT2D eigenvalue weighted by molar-refractivity contribution is 5.91. The first-order valence-corrected chi connectivity index (χ1v) is 11.9. The number of benzene rings is 4. The van der Waals surface area contributed by atoms with Crippen molar-refractivity contribution in [1.82, 2.24) is 0 Å². The zero-order valence-corrected chi connectivity index (χ0v) is 20.0. The highest BCUT2D eigenvalue weighted by Crippen LogP contribution is 2.36. The molecule has 0 saturated carbocycles. The summed E-state index contributed by atoms with van der Waals surface area (Å²) in [4.78, 5) is 24.0. The number of fused-ring (bicyclic) bond motifs is 1. The molecule has 0 aliphatic carbocycles. The van der Waals surface area contributed by atoms with Gasteiger partial charge in [-0.05, 0) is 48.6 Å². The lowest BCUT2D eigenvalue weighted by molar-refractivity contribution is -0.131. The molecule has 4 aromatic rings. The Labute approximate surface area is 214 Å². The van der Waals surface area contributed by atoms with Crippen LogP contribution in [0.1, 0.15) is 24.5 Å². The Morgan fingerprint density at radius 1 is 0.838 bits per heavy atom. The minimum Gasteiger partial charge on any atom is -0.507 e. The van der Waals surface area contributed by atoms with Crippen LogP contribution in [0.4, 0.5) is 10.5 Å². The minimum atomic E-state index is -1.04. The van der Waals surface area contributed by atoms with Gasteiger partial charge in [0.05, 0.1) is 0 Å². The zero-order valence-electron chi connectivity index (χ0n) is 20.0. The molecule has 0 aliphatic rings. The number of hydrogen-bond acceptors (Lipinski definition) is 5. The molecule has 4 rings (SSSR count). The van der Waals surface area contributed by atoms with E-state index in [0.717, 1.165) is 6.08 Å². The van der Waals surface area contributed by atoms with Gasteiger partial charge in [-0.3, -0.25) is 5.32 Å². The number of carboxylic acids is 1. The fourth-order valence-electron chi connectivity index (χ4n) is 4.07. The van der Waals surface area contributed by atoms with E-state index in [1.165, 1.54) is 0 Å². The third-order valence-corrected chi connectivity index (χ3v) is 5.74. The predicted octanol–water partition coefficient (Wildman–Crippen LogP) is 6.70. The second kappa shape index (κ2) is 12.3. The Bertz CT molecular complexity index is 1370. The normalized spacial score (nSPS) is 12.6. The summed E-state index contributed by atoms with van der Waals surface area (Å²) in [5.74, 6) is -0.355. The van der Waals surface area contributed by atoms with Gasteiger partial charge in [-0.15, -0.1) is 0 Å². The molecule has 3 N–H and O–H groups in total. The van der Waals surface area contributed by atoms with Gasteiger partial charge in [-0.1, -0.05) is 72.8 Å². The number of aliphatic carboxylic acids is 1. The van der Waals surface area contributed by atoms with Crippen molar-refractivity contribution in [2.75, 3.05) is 5.32 Å². The summed E-state index contributed by atoms with van der Waals surface area (Å²) in [6.45, 7) is 0. The molecule has 0 heterocycles. The lowest BCUT2D eigenvalue weighted by Gasteiger charge is -2.29. The monoisotopic (exact) mass is 497 g/mol. The number of allylic oxidation sites excluding steroid dienone is 1. The van der Waals surface area contributed by atoms with Crippen molar-refractivity contribution < 1.29 is 29.3 Å². The molecule has 0 aliphatic heterocycles. The molecule has 0 fully saturated rings. The van der Waals surface area contributed by atoms with E-state index in [-0.39, 0.29) is 5.75 Å². The van der Waals surface area contributed by atoms with Crippen molar-refractivity contribution in [3.05, 3.63) is 115 Å². The molecule has 0 aromatic heterocycles. The number of nitrogens with one attached hydrogen (secondary N) is 1. The van der Waals surface area contributed by atoms with Crippen LogP contribution in [-0.2, 0) is 9.53 Å². The molecular formula is C30H27NO6. The number of phenolic OH excluding ortho intramolecular Hbond substituents is 1. The number of carbonyl (C=O) groups is 2. The Morgan fingerprint density at radius 3 is 2.19 bits per heavy atom. The topological polar surface area (TPSA) is 105 Å². The molecular weight excluding hydrogens is 470 g/mol. The van der Waals surface area contributed by atoms with Gasteiger partial charge in [0.25, 0.3) is 0 Å². The number of hydrogen-bond donors (Lipinski definition) is 3. The number of phenols is 1. The van der Waals surface area contributed by atoms with Crippen molar-refractivity contribution in [3.63, 3.8) is 0 Å². The predicted molar refractivity (Wildman–Crippen MR) is 142 cm³/mol. The summed E-state index contributed by atoms with van der Waals surface area (Å²) >= 11 is 0. The molecule has 0 radical (unpaired) electrons. The van der Waals surface area contributed by atoms with Gasteiger partial charge < -0.3 is 19.7 Å². The summed E-state index contributed by atoms with van der Waals surface area (Å²) in [5, 5.41) is 23.5. The maximum atomic E-state index is 13.0. The SMILES string of the molecule is O=C(O)/C=C/CC[C@@H](Oc1ccccc1)[C@H](OC(=O)Nc1ccccc1)c1ccc(O)c2ccccc12. The first kappa shape index (κ1) is 25.3. The Kier molecular flexibility index (Phi) is 8.39. The highest BCUT2D eigenvalue weighted by Gasteiger charge is 2.30. The van der Waals surface area contributed by atoms with E-state index < -0.39 is 24.3 Å². The fourth-order valence-corrected chi connectivity index (χ4v) is 4.07. The van der Waals surface area contributed by atoms with Crippen LogP contribution in [0, 0.1) is 0 Å². The number of ether oxygens (including phenoxy) is 2. The number of amides is 1. The van der Waals surface area contributed by atoms with Crippen molar-refractivity contribution in [1.29, 1.82) is 0 Å². The van der Waals surface area contributed by atoms with Crippen molar-refractivity contribution in [2.24, 2.45) is 0 Å². The molecule has 37 heavy (non-hydrogen) atoms. The molecule has 0 saturated heterocycles. The highest BCUT2D eigenvalue weighted by atomic mass is 16.6. The summed E-state index contributed by atoms with van der Waals surface area (Å²) in [6, 6.07) is 28.7. The summed E-state index contributed by atoms with van der Waals surface area (Å²) < 4.78 is 12.3. The smallest absolute Gasteiger partial charge is 0.412 e. The molecule has 7 heteroatoms. The average Bonchev–Trinajstić information content (AvgIpc) is 2.91. The van der Waals surface area contributed by atoms with E-state index in [9.17, 15) is 14.7 Å². The number of anilines is 1. The van der Waals surface area contributed by atoms with Crippen LogP contribution in [-0.4, -0.2) is 28.4 Å². The third-order valence-electron chi connectivity index (χ3n) is 5.74. The minimum absolute atomic E-state index is 0.108. The number of rotatable bonds is 10. The Balaban J connectivity index is 1.73. The third kappa shape index (κ3) is 6.89. The van der Waals surface area contributed by atoms with E-state index in [4.69, 9.17) is 14.6 Å². The first-order valence-electron chi connectivity index (χ1n) is 11.9. The van der Waals surface area contributed by atoms with E-state index in [2.05, 4.69) is 5.32 Å². The molecule has 0 bridgehead atoms. The maximum Gasteiger partial charge on any atom is 0.412 e. The first-order chi connectivity index (χ1) is 18.0. The van der Waals surface area contributed by atoms with Gasteiger partial charge in [0.1, 0.15) is 17.6 Å². The molecule has 188 valence electrons. The largest absolute Gasteiger partial charge is 0.507 e. The quantitative estimate of drug-likeness (QED) is 0.211. The van der Waals surface area contributed by atoms with E-state index in [1.807, 2.05) is 42.5 Å². The van der Waals surface area contributed by atoms with Gasteiger partial charge in [-0.2, -0.15) is 0 Å². The van der Waals surface area contributed by atoms with Crippen LogP contribution < -0.4 is 10.1 Å². The molecule has 2 atom stereocenters. The maximum absolute atomic E-state index is 13.0. The van der Waals surface area contributed by atoms with E-state index in [1.54, 1.807) is 60.7 Å².